The van der Waals surface area contributed by atoms with Gasteiger partial charge in [0.1, 0.15) is 12.1 Å². The molecule has 0 unspecified atom stereocenters. The van der Waals surface area contributed by atoms with Gasteiger partial charge in [-0.3, -0.25) is 14.4 Å². The van der Waals surface area contributed by atoms with Crippen LogP contribution in [0.15, 0.2) is 58.3 Å². The smallest absolute Gasteiger partial charge is 0.271 e. The van der Waals surface area contributed by atoms with Crippen molar-refractivity contribution in [2.75, 3.05) is 7.05 Å². The van der Waals surface area contributed by atoms with E-state index in [0.717, 1.165) is 15.7 Å². The van der Waals surface area contributed by atoms with E-state index in [2.05, 4.69) is 31.2 Å². The number of benzene rings is 2. The van der Waals surface area contributed by atoms with Crippen molar-refractivity contribution in [3.63, 3.8) is 0 Å². The third-order valence-corrected chi connectivity index (χ3v) is 4.79. The standard InChI is InChI=1S/C19H14BrFN4O/c1-22-19(26)18-16-9-23-17(12-4-2-3-5-14(12)21)13-8-11(20)6-7-15(13)25(16)10-24-18/h2-8,10H,9H2,1H3,(H,22,26). The number of hydrogen-bond acceptors (Lipinski definition) is 3. The van der Waals surface area contributed by atoms with Crippen LogP contribution in [0.4, 0.5) is 4.39 Å². The minimum absolute atomic E-state index is 0.221. The first-order chi connectivity index (χ1) is 12.6. The van der Waals surface area contributed by atoms with Crippen molar-refractivity contribution < 1.29 is 9.18 Å². The molecule has 0 bridgehead atoms. The third-order valence-electron chi connectivity index (χ3n) is 4.30. The van der Waals surface area contributed by atoms with Crippen LogP contribution in [0.3, 0.4) is 0 Å². The molecule has 2 aromatic carbocycles. The molecule has 1 amide bonds. The fraction of sp³-hybridized carbons (Fsp3) is 0.105. The van der Waals surface area contributed by atoms with Gasteiger partial charge in [0, 0.05) is 22.6 Å². The predicted octanol–water partition coefficient (Wildman–Crippen LogP) is 3.48. The molecular formula is C19H14BrFN4O. The van der Waals surface area contributed by atoms with Crippen LogP contribution in [-0.2, 0) is 6.54 Å². The van der Waals surface area contributed by atoms with Crippen LogP contribution in [0.25, 0.3) is 5.69 Å². The zero-order chi connectivity index (χ0) is 18.3. The van der Waals surface area contributed by atoms with Gasteiger partial charge >= 0.3 is 0 Å². The summed E-state index contributed by atoms with van der Waals surface area (Å²) in [5.41, 5.74) is 3.52. The lowest BCUT2D eigenvalue weighted by Gasteiger charge is -2.12. The Kier molecular flexibility index (Phi) is 4.16. The van der Waals surface area contributed by atoms with Crippen LogP contribution in [0.2, 0.25) is 0 Å². The molecule has 3 aromatic rings. The number of aliphatic imine (C=N–C) groups is 1. The fourth-order valence-corrected chi connectivity index (χ4v) is 3.43. The van der Waals surface area contributed by atoms with E-state index in [1.807, 2.05) is 22.8 Å². The van der Waals surface area contributed by atoms with Crippen LogP contribution in [0, 0.1) is 5.82 Å². The summed E-state index contributed by atoms with van der Waals surface area (Å²) in [6.45, 7) is 0.221. The molecule has 0 spiro atoms. The molecule has 1 aliphatic rings. The van der Waals surface area contributed by atoms with Gasteiger partial charge in [0.05, 0.1) is 23.6 Å². The van der Waals surface area contributed by atoms with E-state index in [0.29, 0.717) is 22.7 Å². The molecule has 130 valence electrons. The highest BCUT2D eigenvalue weighted by atomic mass is 79.9. The van der Waals surface area contributed by atoms with Crippen molar-refractivity contribution in [1.29, 1.82) is 0 Å². The first-order valence-electron chi connectivity index (χ1n) is 7.98. The molecule has 26 heavy (non-hydrogen) atoms. The Hall–Kier alpha value is -2.80. The minimum atomic E-state index is -0.339. The lowest BCUT2D eigenvalue weighted by Crippen LogP contribution is -2.20. The van der Waals surface area contributed by atoms with Crippen LogP contribution in [0.5, 0.6) is 0 Å². The lowest BCUT2D eigenvalue weighted by molar-refractivity contribution is 0.0957. The molecule has 1 aliphatic heterocycles. The Labute approximate surface area is 157 Å². The lowest BCUT2D eigenvalue weighted by atomic mass is 10.00. The van der Waals surface area contributed by atoms with Crippen LogP contribution in [0.1, 0.15) is 27.3 Å². The fourth-order valence-electron chi connectivity index (χ4n) is 3.07. The molecule has 5 nitrogen and oxygen atoms in total. The Balaban J connectivity index is 1.98. The monoisotopic (exact) mass is 412 g/mol. The van der Waals surface area contributed by atoms with Crippen molar-refractivity contribution in [3.8, 4) is 5.69 Å². The van der Waals surface area contributed by atoms with E-state index in [9.17, 15) is 9.18 Å². The second-order valence-corrected chi connectivity index (χ2v) is 6.71. The molecule has 0 saturated carbocycles. The highest BCUT2D eigenvalue weighted by Gasteiger charge is 2.25. The highest BCUT2D eigenvalue weighted by molar-refractivity contribution is 9.10. The van der Waals surface area contributed by atoms with Crippen molar-refractivity contribution in [3.05, 3.63) is 81.6 Å². The Bertz CT molecular complexity index is 1060. The number of amides is 1. The number of nitrogens with one attached hydrogen (secondary N) is 1. The number of aromatic nitrogens is 2. The molecule has 0 radical (unpaired) electrons. The van der Waals surface area contributed by atoms with Crippen molar-refractivity contribution >= 4 is 27.5 Å². The number of fused-ring (bicyclic) bond motifs is 3. The molecule has 0 aliphatic carbocycles. The molecule has 4 rings (SSSR count). The van der Waals surface area contributed by atoms with E-state index < -0.39 is 0 Å². The normalized spacial score (nSPS) is 12.7. The molecule has 7 heteroatoms. The molecule has 0 saturated heterocycles. The average molecular weight is 413 g/mol. The van der Waals surface area contributed by atoms with Gasteiger partial charge in [-0.15, -0.1) is 0 Å². The van der Waals surface area contributed by atoms with E-state index in [4.69, 9.17) is 0 Å². The summed E-state index contributed by atoms with van der Waals surface area (Å²) >= 11 is 3.48. The van der Waals surface area contributed by atoms with Gasteiger partial charge in [-0.25, -0.2) is 9.37 Å². The largest absolute Gasteiger partial charge is 0.354 e. The Morgan fingerprint density at radius 3 is 2.81 bits per heavy atom. The SMILES string of the molecule is CNC(=O)c1ncn2c1CN=C(c1ccccc1F)c1cc(Br)ccc1-2. The molecule has 0 fully saturated rings. The second-order valence-electron chi connectivity index (χ2n) is 5.80. The highest BCUT2D eigenvalue weighted by Crippen LogP contribution is 2.29. The van der Waals surface area contributed by atoms with Gasteiger partial charge in [0.2, 0.25) is 0 Å². The first kappa shape index (κ1) is 16.7. The summed E-state index contributed by atoms with van der Waals surface area (Å²) in [7, 11) is 1.56. The van der Waals surface area contributed by atoms with Gasteiger partial charge in [0.15, 0.2) is 5.69 Å². The number of rotatable bonds is 2. The van der Waals surface area contributed by atoms with E-state index in [1.54, 1.807) is 31.6 Å². The number of halogens is 2. The molecular weight excluding hydrogens is 399 g/mol. The number of imidazole rings is 1. The Morgan fingerprint density at radius 2 is 2.04 bits per heavy atom. The maximum atomic E-state index is 14.4. The number of nitrogens with zero attached hydrogens (tertiary/aromatic N) is 3. The number of hydrogen-bond donors (Lipinski definition) is 1. The second kappa shape index (κ2) is 6.49. The van der Waals surface area contributed by atoms with Gasteiger partial charge in [-0.1, -0.05) is 28.1 Å². The van der Waals surface area contributed by atoms with Gasteiger partial charge in [-0.05, 0) is 30.3 Å². The van der Waals surface area contributed by atoms with Crippen LogP contribution < -0.4 is 5.32 Å². The number of carbonyl (C=O) groups is 1. The molecule has 2 heterocycles. The minimum Gasteiger partial charge on any atom is -0.354 e. The topological polar surface area (TPSA) is 59.3 Å². The zero-order valence-electron chi connectivity index (χ0n) is 13.8. The summed E-state index contributed by atoms with van der Waals surface area (Å²) in [5, 5.41) is 2.59. The zero-order valence-corrected chi connectivity index (χ0v) is 15.4. The van der Waals surface area contributed by atoms with E-state index >= 15 is 0 Å². The van der Waals surface area contributed by atoms with E-state index in [-0.39, 0.29) is 18.3 Å². The third kappa shape index (κ3) is 2.64. The van der Waals surface area contributed by atoms with Crippen molar-refractivity contribution in [2.24, 2.45) is 4.99 Å². The van der Waals surface area contributed by atoms with Crippen molar-refractivity contribution in [1.82, 2.24) is 14.9 Å². The molecule has 1 aromatic heterocycles. The molecule has 0 atom stereocenters. The molecule has 1 N–H and O–H groups in total. The maximum Gasteiger partial charge on any atom is 0.271 e. The summed E-state index contributed by atoms with van der Waals surface area (Å²) in [6, 6.07) is 12.2. The van der Waals surface area contributed by atoms with E-state index in [1.165, 1.54) is 6.07 Å². The van der Waals surface area contributed by atoms with Gasteiger partial charge < -0.3 is 5.32 Å². The summed E-state index contributed by atoms with van der Waals surface area (Å²) in [6.07, 6.45) is 1.60. The number of carbonyl (C=O) groups excluding carboxylic acids is 1. The Morgan fingerprint density at radius 1 is 1.23 bits per heavy atom. The quantitative estimate of drug-likeness (QED) is 0.700. The van der Waals surface area contributed by atoms with Crippen LogP contribution >= 0.6 is 15.9 Å². The maximum absolute atomic E-state index is 14.4. The van der Waals surface area contributed by atoms with Crippen LogP contribution in [-0.4, -0.2) is 28.2 Å². The average Bonchev–Trinajstić information content (AvgIpc) is 3.00. The van der Waals surface area contributed by atoms with Crippen molar-refractivity contribution in [2.45, 2.75) is 6.54 Å². The summed E-state index contributed by atoms with van der Waals surface area (Å²) < 4.78 is 17.1. The van der Waals surface area contributed by atoms with Gasteiger partial charge in [0.25, 0.3) is 5.91 Å². The predicted molar refractivity (Wildman–Crippen MR) is 100 cm³/mol. The summed E-state index contributed by atoms with van der Waals surface area (Å²) in [5.74, 6) is -0.615. The van der Waals surface area contributed by atoms with Gasteiger partial charge in [-0.2, -0.15) is 0 Å². The first-order valence-corrected chi connectivity index (χ1v) is 8.77. The summed E-state index contributed by atoms with van der Waals surface area (Å²) in [4.78, 5) is 21.0.